The van der Waals surface area contributed by atoms with Crippen LogP contribution in [0.5, 0.6) is 5.75 Å². The van der Waals surface area contributed by atoms with Crippen LogP contribution in [0, 0.1) is 5.82 Å². The zero-order valence-corrected chi connectivity index (χ0v) is 9.42. The fraction of sp³-hybridized carbons (Fsp3) is 0.500. The molecule has 0 aromatic heterocycles. The predicted molar refractivity (Wildman–Crippen MR) is 62.2 cm³/mol. The summed E-state index contributed by atoms with van der Waals surface area (Å²) in [6.45, 7) is 2.99. The second-order valence-corrected chi connectivity index (χ2v) is 4.29. The molecule has 1 fully saturated rings. The first-order valence-corrected chi connectivity index (χ1v) is 5.58. The van der Waals surface area contributed by atoms with E-state index in [1.165, 1.54) is 6.07 Å². The van der Waals surface area contributed by atoms with E-state index in [1.807, 2.05) is 6.92 Å². The summed E-state index contributed by atoms with van der Waals surface area (Å²) in [5.41, 5.74) is 6.60. The Kier molecular flexibility index (Phi) is 3.01. The fourth-order valence-corrected chi connectivity index (χ4v) is 1.50. The zero-order chi connectivity index (χ0) is 11.6. The Bertz CT molecular complexity index is 377. The Hall–Kier alpha value is -1.29. The highest BCUT2D eigenvalue weighted by Gasteiger charge is 2.37. The van der Waals surface area contributed by atoms with E-state index in [1.54, 1.807) is 12.1 Å². The number of benzene rings is 1. The van der Waals surface area contributed by atoms with Crippen molar-refractivity contribution in [2.24, 2.45) is 5.73 Å². The average molecular weight is 224 g/mol. The molecular formula is C12H17FN2O. The van der Waals surface area contributed by atoms with E-state index >= 15 is 0 Å². The lowest BCUT2D eigenvalue weighted by Crippen LogP contribution is -2.31. The van der Waals surface area contributed by atoms with Crippen molar-refractivity contribution in [3.05, 3.63) is 24.0 Å². The molecule has 0 heterocycles. The van der Waals surface area contributed by atoms with Gasteiger partial charge < -0.3 is 15.8 Å². The molecule has 0 radical (unpaired) electrons. The standard InChI is InChI=1S/C12H17FN2O/c1-2-16-11-4-3-9(7-10(11)13)15-8-12(14)5-6-12/h3-4,7,15H,2,5-6,8,14H2,1H3. The summed E-state index contributed by atoms with van der Waals surface area (Å²) in [6.07, 6.45) is 2.08. The molecule has 1 aliphatic carbocycles. The number of ether oxygens (including phenoxy) is 1. The number of hydrogen-bond donors (Lipinski definition) is 2. The normalized spacial score (nSPS) is 16.9. The van der Waals surface area contributed by atoms with E-state index in [9.17, 15) is 4.39 Å². The van der Waals surface area contributed by atoms with Crippen LogP contribution >= 0.6 is 0 Å². The van der Waals surface area contributed by atoms with Gasteiger partial charge in [0.2, 0.25) is 0 Å². The van der Waals surface area contributed by atoms with Crippen molar-refractivity contribution in [1.82, 2.24) is 0 Å². The minimum atomic E-state index is -0.339. The van der Waals surface area contributed by atoms with Gasteiger partial charge in [0.05, 0.1) is 6.61 Å². The molecule has 0 amide bonds. The van der Waals surface area contributed by atoms with Crippen LogP contribution in [0.25, 0.3) is 0 Å². The highest BCUT2D eigenvalue weighted by Crippen LogP contribution is 2.32. The first-order valence-electron chi connectivity index (χ1n) is 5.58. The van der Waals surface area contributed by atoms with E-state index in [0.29, 0.717) is 18.9 Å². The van der Waals surface area contributed by atoms with Crippen LogP contribution in [0.4, 0.5) is 10.1 Å². The highest BCUT2D eigenvalue weighted by molar-refractivity contribution is 5.47. The third-order valence-corrected chi connectivity index (χ3v) is 2.77. The number of hydrogen-bond acceptors (Lipinski definition) is 3. The first-order chi connectivity index (χ1) is 7.63. The van der Waals surface area contributed by atoms with Crippen LogP contribution in [0.2, 0.25) is 0 Å². The lowest BCUT2D eigenvalue weighted by molar-refractivity contribution is 0.321. The van der Waals surface area contributed by atoms with Gasteiger partial charge in [0.25, 0.3) is 0 Å². The molecule has 0 saturated heterocycles. The van der Waals surface area contributed by atoms with Crippen LogP contribution in [0.3, 0.4) is 0 Å². The zero-order valence-electron chi connectivity index (χ0n) is 9.42. The third kappa shape index (κ3) is 2.64. The molecule has 3 N–H and O–H groups in total. The van der Waals surface area contributed by atoms with Gasteiger partial charge in [0, 0.05) is 23.8 Å². The molecule has 0 bridgehead atoms. The van der Waals surface area contributed by atoms with Gasteiger partial charge in [-0.2, -0.15) is 0 Å². The van der Waals surface area contributed by atoms with E-state index in [-0.39, 0.29) is 11.4 Å². The molecule has 3 nitrogen and oxygen atoms in total. The van der Waals surface area contributed by atoms with Gasteiger partial charge in [0.15, 0.2) is 11.6 Å². The highest BCUT2D eigenvalue weighted by atomic mass is 19.1. The van der Waals surface area contributed by atoms with Gasteiger partial charge in [0.1, 0.15) is 0 Å². The molecule has 16 heavy (non-hydrogen) atoms. The van der Waals surface area contributed by atoms with E-state index in [2.05, 4.69) is 5.32 Å². The number of anilines is 1. The van der Waals surface area contributed by atoms with Gasteiger partial charge >= 0.3 is 0 Å². The Morgan fingerprint density at radius 3 is 2.81 bits per heavy atom. The molecule has 1 aliphatic rings. The fourth-order valence-electron chi connectivity index (χ4n) is 1.50. The maximum atomic E-state index is 13.5. The quantitative estimate of drug-likeness (QED) is 0.805. The molecule has 1 saturated carbocycles. The minimum Gasteiger partial charge on any atom is -0.491 e. The molecule has 4 heteroatoms. The summed E-state index contributed by atoms with van der Waals surface area (Å²) < 4.78 is 18.6. The van der Waals surface area contributed by atoms with Crippen LogP contribution in [-0.4, -0.2) is 18.7 Å². The second-order valence-electron chi connectivity index (χ2n) is 4.29. The summed E-state index contributed by atoms with van der Waals surface area (Å²) in [6, 6.07) is 4.88. The summed E-state index contributed by atoms with van der Waals surface area (Å²) in [5.74, 6) is -0.0457. The molecular weight excluding hydrogens is 207 g/mol. The first kappa shape index (κ1) is 11.2. The maximum Gasteiger partial charge on any atom is 0.167 e. The number of nitrogens with two attached hydrogens (primary N) is 1. The molecule has 0 unspecified atom stereocenters. The summed E-state index contributed by atoms with van der Waals surface area (Å²) in [5, 5.41) is 3.14. The van der Waals surface area contributed by atoms with E-state index < -0.39 is 0 Å². The molecule has 0 spiro atoms. The minimum absolute atomic E-state index is 0.0743. The molecule has 1 aromatic rings. The van der Waals surface area contributed by atoms with Crippen molar-refractivity contribution in [2.75, 3.05) is 18.5 Å². The Labute approximate surface area is 94.8 Å². The largest absolute Gasteiger partial charge is 0.491 e. The molecule has 2 rings (SSSR count). The lowest BCUT2D eigenvalue weighted by atomic mass is 10.2. The topological polar surface area (TPSA) is 47.3 Å². The van der Waals surface area contributed by atoms with Crippen molar-refractivity contribution >= 4 is 5.69 Å². The Balaban J connectivity index is 1.97. The van der Waals surface area contributed by atoms with Gasteiger partial charge in [-0.15, -0.1) is 0 Å². The third-order valence-electron chi connectivity index (χ3n) is 2.77. The van der Waals surface area contributed by atoms with Crippen LogP contribution in [0.1, 0.15) is 19.8 Å². The summed E-state index contributed by atoms with van der Waals surface area (Å²) >= 11 is 0. The Morgan fingerprint density at radius 1 is 1.50 bits per heavy atom. The second kappa shape index (κ2) is 4.29. The SMILES string of the molecule is CCOc1ccc(NCC2(N)CC2)cc1F. The maximum absolute atomic E-state index is 13.5. The molecule has 0 aliphatic heterocycles. The van der Waals surface area contributed by atoms with E-state index in [0.717, 1.165) is 18.5 Å². The van der Waals surface area contributed by atoms with Crippen LogP contribution < -0.4 is 15.8 Å². The number of halogens is 1. The number of nitrogens with one attached hydrogen (secondary N) is 1. The van der Waals surface area contributed by atoms with E-state index in [4.69, 9.17) is 10.5 Å². The number of rotatable bonds is 5. The molecule has 0 atom stereocenters. The van der Waals surface area contributed by atoms with Crippen molar-refractivity contribution < 1.29 is 9.13 Å². The monoisotopic (exact) mass is 224 g/mol. The van der Waals surface area contributed by atoms with Gasteiger partial charge in [-0.25, -0.2) is 4.39 Å². The van der Waals surface area contributed by atoms with Crippen molar-refractivity contribution in [1.29, 1.82) is 0 Å². The van der Waals surface area contributed by atoms with Gasteiger partial charge in [-0.1, -0.05) is 0 Å². The van der Waals surface area contributed by atoms with Gasteiger partial charge in [-0.3, -0.25) is 0 Å². The average Bonchev–Trinajstić information content (AvgIpc) is 2.98. The smallest absolute Gasteiger partial charge is 0.167 e. The summed E-state index contributed by atoms with van der Waals surface area (Å²) in [4.78, 5) is 0. The lowest BCUT2D eigenvalue weighted by Gasteiger charge is -2.12. The predicted octanol–water partition coefficient (Wildman–Crippen LogP) is 2.13. The van der Waals surface area contributed by atoms with Crippen LogP contribution in [0.15, 0.2) is 18.2 Å². The Morgan fingerprint density at radius 2 is 2.25 bits per heavy atom. The summed E-state index contributed by atoms with van der Waals surface area (Å²) in [7, 11) is 0. The van der Waals surface area contributed by atoms with Crippen LogP contribution in [-0.2, 0) is 0 Å². The molecule has 1 aromatic carbocycles. The van der Waals surface area contributed by atoms with Crippen molar-refractivity contribution in [3.8, 4) is 5.75 Å². The van der Waals surface area contributed by atoms with Gasteiger partial charge in [-0.05, 0) is 31.9 Å². The van der Waals surface area contributed by atoms with Crippen molar-refractivity contribution in [3.63, 3.8) is 0 Å². The molecule has 88 valence electrons. The van der Waals surface area contributed by atoms with Crippen molar-refractivity contribution in [2.45, 2.75) is 25.3 Å².